The number of hydrogen-bond acceptors (Lipinski definition) is 15. The maximum atomic E-state index is 11.3. The molecule has 0 radical (unpaired) electrons. The zero-order chi connectivity index (χ0) is 24.1. The smallest absolute Gasteiger partial charge is 0.550 e. The van der Waals surface area contributed by atoms with Crippen LogP contribution in [0.15, 0.2) is 0 Å². The number of carbonyl (C=O) groups is 6. The van der Waals surface area contributed by atoms with Crippen molar-refractivity contribution < 1.29 is 263 Å². The van der Waals surface area contributed by atoms with Crippen LogP contribution >= 0.6 is 0 Å². The molecule has 18 nitrogen and oxygen atoms in total. The van der Waals surface area contributed by atoms with E-state index in [4.69, 9.17) is 9.47 Å². The minimum atomic E-state index is -1.95. The van der Waals surface area contributed by atoms with Crippen molar-refractivity contribution in [2.75, 3.05) is 26.3 Å². The molecule has 0 spiro atoms. The zero-order valence-electron chi connectivity index (χ0n) is 23.3. The fourth-order valence-electron chi connectivity index (χ4n) is 2.29. The van der Waals surface area contributed by atoms with E-state index in [0.717, 1.165) is 4.90 Å². The van der Waals surface area contributed by atoms with E-state index in [1.807, 2.05) is 0 Å². The van der Waals surface area contributed by atoms with Gasteiger partial charge in [0.1, 0.15) is 12.2 Å². The van der Waals surface area contributed by atoms with Gasteiger partial charge in [0, 0.05) is 50.3 Å². The second kappa shape index (κ2) is 39.6. The third-order valence-electron chi connectivity index (χ3n) is 3.70. The SMILES string of the molecule is O.O.O.O=C([O-])CC(OCCN(CCOC(CC(=O)[O-])C(=O)[O-])C(CC(=O)[O-])C(=O)[O-])C(=O)[O-].[Na+].[Na+].[Na+].[Na+].[Na+].[Na+]. The van der Waals surface area contributed by atoms with Crippen molar-refractivity contribution in [1.29, 1.82) is 0 Å². The number of carboxylic acids is 6. The van der Waals surface area contributed by atoms with Gasteiger partial charge in [0.25, 0.3) is 0 Å². The normalized spacial score (nSPS) is 10.7. The molecule has 0 aliphatic rings. The third kappa shape index (κ3) is 35.1. The Bertz CT molecular complexity index is 665. The summed E-state index contributed by atoms with van der Waals surface area (Å²) in [5.74, 6) is -11.0. The van der Waals surface area contributed by atoms with E-state index in [-0.39, 0.29) is 194 Å². The molecule has 0 rings (SSSR count). The number of carboxylic acid groups (broad SMARTS) is 6. The molecule has 40 heavy (non-hydrogen) atoms. The van der Waals surface area contributed by atoms with Crippen LogP contribution in [0.4, 0.5) is 0 Å². The summed E-state index contributed by atoms with van der Waals surface area (Å²) in [5, 5.41) is 64.7. The second-order valence-electron chi connectivity index (χ2n) is 5.96. The summed E-state index contributed by atoms with van der Waals surface area (Å²) in [6, 6.07) is -1.86. The van der Waals surface area contributed by atoms with Crippen LogP contribution in [0.5, 0.6) is 0 Å². The van der Waals surface area contributed by atoms with Crippen LogP contribution in [0.25, 0.3) is 0 Å². The van der Waals surface area contributed by atoms with Gasteiger partial charge >= 0.3 is 177 Å². The van der Waals surface area contributed by atoms with Crippen molar-refractivity contribution in [2.24, 2.45) is 0 Å². The molecule has 6 N–H and O–H groups in total. The zero-order valence-corrected chi connectivity index (χ0v) is 35.3. The summed E-state index contributed by atoms with van der Waals surface area (Å²) in [7, 11) is 0. The molecule has 0 bridgehead atoms. The number of carbonyl (C=O) groups excluding carboxylic acids is 6. The Hall–Kier alpha value is 2.58. The minimum absolute atomic E-state index is 0. The third-order valence-corrected chi connectivity index (χ3v) is 3.70. The van der Waals surface area contributed by atoms with Gasteiger partial charge in [-0.15, -0.1) is 0 Å². The van der Waals surface area contributed by atoms with E-state index in [1.165, 1.54) is 0 Å². The van der Waals surface area contributed by atoms with Gasteiger partial charge in [-0.3, -0.25) is 4.90 Å². The van der Waals surface area contributed by atoms with Crippen molar-refractivity contribution in [1.82, 2.24) is 4.90 Å². The molecule has 0 aromatic rings. The van der Waals surface area contributed by atoms with Crippen molar-refractivity contribution in [3.05, 3.63) is 0 Å². The van der Waals surface area contributed by atoms with Gasteiger partial charge in [-0.25, -0.2) is 0 Å². The number of rotatable bonds is 18. The summed E-state index contributed by atoms with van der Waals surface area (Å²) < 4.78 is 9.53. The van der Waals surface area contributed by atoms with E-state index < -0.39 is 99.6 Å². The number of ether oxygens (including phenoxy) is 2. The average Bonchev–Trinajstić information content (AvgIpc) is 2.61. The number of nitrogens with zero attached hydrogens (tertiary/aromatic N) is 1. The standard InChI is InChI=1S/C16H23NO14.6Na.3H2O/c18-11(19)5-8(14(24)25)17(1-3-30-9(15(26)27)6-12(20)21)2-4-31-10(16(28)29)7-13(22)23;;;;;;;;;/h8-10H,1-7H2,(H,18,19)(H,20,21)(H,22,23)(H,24,25)(H,26,27)(H,28,29);;;;;;;3*1H2/q;6*+1;;;/p-6. The van der Waals surface area contributed by atoms with E-state index in [2.05, 4.69) is 0 Å². The number of hydrogen-bond donors (Lipinski definition) is 0. The van der Waals surface area contributed by atoms with Crippen molar-refractivity contribution in [3.63, 3.8) is 0 Å². The van der Waals surface area contributed by atoms with Crippen molar-refractivity contribution in [3.8, 4) is 0 Å². The molecule has 0 aliphatic heterocycles. The van der Waals surface area contributed by atoms with Gasteiger partial charge < -0.3 is 85.3 Å². The molecule has 0 saturated carbocycles. The van der Waals surface area contributed by atoms with E-state index in [9.17, 15) is 59.4 Å². The molecule has 0 fully saturated rings. The largest absolute Gasteiger partial charge is 1.00 e. The van der Waals surface area contributed by atoms with E-state index >= 15 is 0 Å². The monoisotopic (exact) mass is 639 g/mol. The van der Waals surface area contributed by atoms with Crippen molar-refractivity contribution >= 4 is 35.8 Å². The Morgan fingerprint density at radius 2 is 0.775 bits per heavy atom. The van der Waals surface area contributed by atoms with E-state index in [0.29, 0.717) is 0 Å². The van der Waals surface area contributed by atoms with Crippen LogP contribution in [0.3, 0.4) is 0 Å². The molecule has 0 aromatic heterocycles. The summed E-state index contributed by atoms with van der Waals surface area (Å²) in [6.45, 7) is -2.29. The molecule has 3 atom stereocenters. The first kappa shape index (κ1) is 69.4. The Labute approximate surface area is 361 Å². The van der Waals surface area contributed by atoms with Gasteiger partial charge in [0.2, 0.25) is 0 Å². The van der Waals surface area contributed by atoms with Gasteiger partial charge in [-0.2, -0.15) is 0 Å². The first-order chi connectivity index (χ1) is 14.3. The summed E-state index contributed by atoms with van der Waals surface area (Å²) in [5.41, 5.74) is 0. The maximum Gasteiger partial charge on any atom is 1.00 e. The predicted molar refractivity (Wildman–Crippen MR) is 89.6 cm³/mol. The fraction of sp³-hybridized carbons (Fsp3) is 0.625. The van der Waals surface area contributed by atoms with Crippen LogP contribution in [0, 0.1) is 0 Å². The molecule has 3 unspecified atom stereocenters. The Morgan fingerprint density at radius 3 is 0.975 bits per heavy atom. The van der Waals surface area contributed by atoms with Crippen LogP contribution in [-0.4, -0.2) is 102 Å². The Balaban J connectivity index is -0.000000125. The van der Waals surface area contributed by atoms with Gasteiger partial charge in [-0.1, -0.05) is 0 Å². The average molecular weight is 639 g/mol. The van der Waals surface area contributed by atoms with Crippen molar-refractivity contribution in [2.45, 2.75) is 37.5 Å². The van der Waals surface area contributed by atoms with Crippen LogP contribution in [0.1, 0.15) is 19.3 Å². The summed E-state index contributed by atoms with van der Waals surface area (Å²) >= 11 is 0. The maximum absolute atomic E-state index is 11.3. The first-order valence-electron chi connectivity index (χ1n) is 8.54. The predicted octanol–water partition coefficient (Wildman–Crippen LogP) is -30.4. The topological polar surface area (TPSA) is 357 Å². The fourth-order valence-corrected chi connectivity index (χ4v) is 2.29. The summed E-state index contributed by atoms with van der Waals surface area (Å²) in [6.07, 6.45) is -7.14. The summed E-state index contributed by atoms with van der Waals surface area (Å²) in [4.78, 5) is 65.6. The second-order valence-corrected chi connectivity index (χ2v) is 5.96. The quantitative estimate of drug-likeness (QED) is 0.126. The number of aliphatic carboxylic acids is 6. The Morgan fingerprint density at radius 1 is 0.500 bits per heavy atom. The Kier molecular flexibility index (Phi) is 68.7. The molecular weight excluding hydrogens is 616 g/mol. The van der Waals surface area contributed by atoms with Gasteiger partial charge in [0.15, 0.2) is 0 Å². The van der Waals surface area contributed by atoms with E-state index in [1.54, 1.807) is 0 Å². The molecule has 0 heterocycles. The van der Waals surface area contributed by atoms with Gasteiger partial charge in [-0.05, 0) is 0 Å². The molecule has 0 aliphatic carbocycles. The molecule has 0 amide bonds. The molecule has 200 valence electrons. The molecule has 24 heteroatoms. The van der Waals surface area contributed by atoms with Crippen LogP contribution in [-0.2, 0) is 38.2 Å². The van der Waals surface area contributed by atoms with Crippen LogP contribution < -0.4 is 208 Å². The molecule has 0 saturated heterocycles. The molecule has 0 aromatic carbocycles. The minimum Gasteiger partial charge on any atom is -0.550 e. The molecular formula is C16H23NNa6O17. The van der Waals surface area contributed by atoms with Crippen LogP contribution in [0.2, 0.25) is 0 Å². The first-order valence-corrected chi connectivity index (χ1v) is 8.54. The van der Waals surface area contributed by atoms with Gasteiger partial charge in [0.05, 0.1) is 37.2 Å².